The molecule has 12 atom stereocenters. The van der Waals surface area contributed by atoms with Crippen molar-refractivity contribution < 1.29 is 64.6 Å². The van der Waals surface area contributed by atoms with Gasteiger partial charge in [0.2, 0.25) is 5.91 Å². The van der Waals surface area contributed by atoms with Crippen molar-refractivity contribution in [3.05, 3.63) is 72.9 Å². The molecule has 2 rings (SSSR count). The number of aliphatic hydroxyl groups excluding tert-OH is 8. The van der Waals surface area contributed by atoms with E-state index in [9.17, 15) is 45.6 Å². The minimum absolute atomic E-state index is 0.252. The molecule has 9 N–H and O–H groups in total. The average molecular weight is 992 g/mol. The van der Waals surface area contributed by atoms with Crippen LogP contribution in [-0.4, -0.2) is 140 Å². The first-order valence-electron chi connectivity index (χ1n) is 27.2. The van der Waals surface area contributed by atoms with Crippen molar-refractivity contribution in [3.8, 4) is 0 Å². The summed E-state index contributed by atoms with van der Waals surface area (Å²) in [6.07, 6.45) is 36.4. The van der Waals surface area contributed by atoms with E-state index < -0.39 is 86.8 Å². The SMILES string of the molecule is CCCCC/C=C\C/C=C\C/C=C\CCCCCCCCC(=O)NC(COC1OC(CO)C(OC2OC(CO)C(O)C(O)C2O)C(O)C1O)C(O)/C=C/CC/C=C/CC/C=C/CCCCCCCCC. The van der Waals surface area contributed by atoms with Crippen molar-refractivity contribution in [2.75, 3.05) is 19.8 Å². The summed E-state index contributed by atoms with van der Waals surface area (Å²) in [7, 11) is 0. The third-order valence-corrected chi connectivity index (χ3v) is 12.8. The highest BCUT2D eigenvalue weighted by Gasteiger charge is 2.51. The second kappa shape index (κ2) is 41.9. The molecule has 2 aliphatic heterocycles. The molecule has 70 heavy (non-hydrogen) atoms. The number of amides is 1. The van der Waals surface area contributed by atoms with Crippen LogP contribution in [0.25, 0.3) is 0 Å². The molecule has 14 heteroatoms. The van der Waals surface area contributed by atoms with Gasteiger partial charge in [-0.25, -0.2) is 0 Å². The number of ether oxygens (including phenoxy) is 4. The van der Waals surface area contributed by atoms with Crippen molar-refractivity contribution >= 4 is 5.91 Å². The number of unbranched alkanes of at least 4 members (excludes halogenated alkanes) is 18. The highest BCUT2D eigenvalue weighted by molar-refractivity contribution is 5.76. The Labute approximate surface area is 421 Å². The monoisotopic (exact) mass is 992 g/mol. The summed E-state index contributed by atoms with van der Waals surface area (Å²) in [4.78, 5) is 13.2. The lowest BCUT2D eigenvalue weighted by molar-refractivity contribution is -0.359. The van der Waals surface area contributed by atoms with E-state index in [0.717, 1.165) is 77.0 Å². The molecule has 0 aliphatic carbocycles. The smallest absolute Gasteiger partial charge is 0.220 e. The molecule has 0 aromatic heterocycles. The molecule has 2 heterocycles. The van der Waals surface area contributed by atoms with E-state index in [4.69, 9.17) is 18.9 Å². The van der Waals surface area contributed by atoms with Gasteiger partial charge in [0.05, 0.1) is 32.0 Å². The molecular weight excluding hydrogens is 895 g/mol. The van der Waals surface area contributed by atoms with Gasteiger partial charge in [-0.05, 0) is 83.5 Å². The van der Waals surface area contributed by atoms with Gasteiger partial charge in [0.25, 0.3) is 0 Å². The maximum absolute atomic E-state index is 13.2. The van der Waals surface area contributed by atoms with Gasteiger partial charge in [0.1, 0.15) is 48.8 Å². The third-order valence-electron chi connectivity index (χ3n) is 12.8. The number of aliphatic hydroxyl groups is 8. The minimum atomic E-state index is -1.80. The van der Waals surface area contributed by atoms with Crippen LogP contribution in [0.3, 0.4) is 0 Å². The Morgan fingerprint density at radius 2 is 0.957 bits per heavy atom. The van der Waals surface area contributed by atoms with Gasteiger partial charge in [0, 0.05) is 6.42 Å². The van der Waals surface area contributed by atoms with Crippen molar-refractivity contribution in [1.82, 2.24) is 5.32 Å². The van der Waals surface area contributed by atoms with Crippen LogP contribution in [0.2, 0.25) is 0 Å². The first-order valence-corrected chi connectivity index (χ1v) is 27.2. The summed E-state index contributed by atoms with van der Waals surface area (Å²) < 4.78 is 22.7. The minimum Gasteiger partial charge on any atom is -0.394 e. The van der Waals surface area contributed by atoms with E-state index in [2.05, 4.69) is 79.9 Å². The van der Waals surface area contributed by atoms with E-state index in [-0.39, 0.29) is 18.9 Å². The summed E-state index contributed by atoms with van der Waals surface area (Å²) in [6, 6.07) is -0.948. The molecule has 0 saturated carbocycles. The standard InChI is InChI=1S/C56H97NO13/c1-3-5-7-9-11-13-15-17-19-21-22-24-26-28-30-32-34-36-38-40-48(61)57-44(45(60)39-37-35-33-31-29-27-25-23-20-18-16-14-12-10-8-6-4-2)43-67-55-53(66)51(64)54(47(42-59)69-55)70-56-52(65)50(63)49(62)46(41-58)68-56/h11,13,17,19-20,22-24,29,31,37,39,44-47,49-56,58-60,62-66H,3-10,12,14-16,18,21,25-28,30,32-36,38,40-43H2,1-2H3,(H,57,61)/b13-11-,19-17-,23-20+,24-22-,31-29+,39-37+. The summed E-state index contributed by atoms with van der Waals surface area (Å²) in [5, 5.41) is 86.8. The maximum Gasteiger partial charge on any atom is 0.220 e. The van der Waals surface area contributed by atoms with E-state index in [1.165, 1.54) is 70.6 Å². The predicted octanol–water partition coefficient (Wildman–Crippen LogP) is 7.99. The molecule has 0 spiro atoms. The molecule has 2 aliphatic rings. The zero-order valence-corrected chi connectivity index (χ0v) is 43.0. The van der Waals surface area contributed by atoms with Gasteiger partial charge < -0.3 is 65.1 Å². The number of hydrogen-bond acceptors (Lipinski definition) is 13. The molecule has 1 amide bonds. The van der Waals surface area contributed by atoms with E-state index >= 15 is 0 Å². The Hall–Kier alpha value is -2.57. The number of hydrogen-bond donors (Lipinski definition) is 9. The average Bonchev–Trinajstić information content (AvgIpc) is 3.36. The summed E-state index contributed by atoms with van der Waals surface area (Å²) in [5.74, 6) is -0.269. The van der Waals surface area contributed by atoms with Gasteiger partial charge in [-0.2, -0.15) is 0 Å². The molecule has 12 unspecified atom stereocenters. The lowest BCUT2D eigenvalue weighted by Crippen LogP contribution is -2.65. The molecule has 14 nitrogen and oxygen atoms in total. The van der Waals surface area contributed by atoms with Crippen LogP contribution >= 0.6 is 0 Å². The number of carbonyl (C=O) groups excluding carboxylic acids is 1. The van der Waals surface area contributed by atoms with Gasteiger partial charge in [-0.1, -0.05) is 164 Å². The van der Waals surface area contributed by atoms with Crippen LogP contribution in [0.4, 0.5) is 0 Å². The van der Waals surface area contributed by atoms with Gasteiger partial charge >= 0.3 is 0 Å². The molecule has 0 aromatic rings. The summed E-state index contributed by atoms with van der Waals surface area (Å²) in [6.45, 7) is 2.71. The number of rotatable bonds is 41. The van der Waals surface area contributed by atoms with Crippen LogP contribution in [-0.2, 0) is 23.7 Å². The van der Waals surface area contributed by atoms with Gasteiger partial charge in [-0.3, -0.25) is 4.79 Å². The van der Waals surface area contributed by atoms with Crippen molar-refractivity contribution in [3.63, 3.8) is 0 Å². The second-order valence-corrected chi connectivity index (χ2v) is 19.0. The molecule has 404 valence electrons. The zero-order valence-electron chi connectivity index (χ0n) is 43.0. The molecule has 0 radical (unpaired) electrons. The van der Waals surface area contributed by atoms with Crippen molar-refractivity contribution in [2.45, 2.75) is 254 Å². The Balaban J connectivity index is 1.86. The number of carbonyl (C=O) groups is 1. The van der Waals surface area contributed by atoms with Crippen LogP contribution in [0.1, 0.15) is 181 Å². The normalized spacial score (nSPS) is 26.5. The fourth-order valence-electron chi connectivity index (χ4n) is 8.39. The van der Waals surface area contributed by atoms with E-state index in [1.54, 1.807) is 6.08 Å². The fraction of sp³-hybridized carbons (Fsp3) is 0.768. The first-order chi connectivity index (χ1) is 34.1. The Kier molecular flexibility index (Phi) is 38.0. The van der Waals surface area contributed by atoms with Crippen molar-refractivity contribution in [1.29, 1.82) is 0 Å². The maximum atomic E-state index is 13.2. The molecule has 0 bridgehead atoms. The predicted molar refractivity (Wildman–Crippen MR) is 277 cm³/mol. The van der Waals surface area contributed by atoms with Crippen LogP contribution in [0, 0.1) is 0 Å². The number of allylic oxidation sites excluding steroid dienone is 11. The molecule has 2 fully saturated rings. The second-order valence-electron chi connectivity index (χ2n) is 19.0. The van der Waals surface area contributed by atoms with Crippen LogP contribution < -0.4 is 5.32 Å². The van der Waals surface area contributed by atoms with Crippen molar-refractivity contribution in [2.24, 2.45) is 0 Å². The molecule has 0 aromatic carbocycles. The third kappa shape index (κ3) is 28.0. The highest BCUT2D eigenvalue weighted by atomic mass is 16.7. The Morgan fingerprint density at radius 1 is 0.514 bits per heavy atom. The summed E-state index contributed by atoms with van der Waals surface area (Å²) in [5.41, 5.74) is 0. The molecule has 2 saturated heterocycles. The van der Waals surface area contributed by atoms with Gasteiger partial charge in [-0.15, -0.1) is 0 Å². The fourth-order valence-corrected chi connectivity index (χ4v) is 8.39. The Morgan fingerprint density at radius 3 is 1.53 bits per heavy atom. The number of nitrogens with one attached hydrogen (secondary N) is 1. The molecular formula is C56H97NO13. The summed E-state index contributed by atoms with van der Waals surface area (Å²) >= 11 is 0. The lowest BCUT2D eigenvalue weighted by Gasteiger charge is -2.46. The largest absolute Gasteiger partial charge is 0.394 e. The topological polar surface area (TPSA) is 228 Å². The lowest BCUT2D eigenvalue weighted by atomic mass is 9.97. The van der Waals surface area contributed by atoms with Crippen LogP contribution in [0.5, 0.6) is 0 Å². The quantitative estimate of drug-likeness (QED) is 0.0209. The van der Waals surface area contributed by atoms with Gasteiger partial charge in [0.15, 0.2) is 12.6 Å². The van der Waals surface area contributed by atoms with E-state index in [0.29, 0.717) is 12.8 Å². The first kappa shape index (κ1) is 63.5. The van der Waals surface area contributed by atoms with Crippen LogP contribution in [0.15, 0.2) is 72.9 Å². The Bertz CT molecular complexity index is 1450. The van der Waals surface area contributed by atoms with E-state index in [1.807, 2.05) is 6.08 Å². The zero-order chi connectivity index (χ0) is 51.0. The highest BCUT2D eigenvalue weighted by Crippen LogP contribution is 2.30.